The van der Waals surface area contributed by atoms with Crippen molar-refractivity contribution in [3.05, 3.63) is 52.5 Å². The third-order valence-electron chi connectivity index (χ3n) is 3.13. The highest BCUT2D eigenvalue weighted by Crippen LogP contribution is 2.22. The van der Waals surface area contributed by atoms with Crippen LogP contribution in [0.4, 0.5) is 5.69 Å². The molecule has 0 aromatic heterocycles. The Morgan fingerprint density at radius 3 is 2.52 bits per heavy atom. The minimum Gasteiger partial charge on any atom is -0.497 e. The van der Waals surface area contributed by atoms with E-state index in [1.807, 2.05) is 0 Å². The van der Waals surface area contributed by atoms with Crippen LogP contribution in [0, 0.1) is 0 Å². The minimum absolute atomic E-state index is 0.487. The topological polar surface area (TPSA) is 89.0 Å². The minimum atomic E-state index is -0.895. The van der Waals surface area contributed by atoms with Gasteiger partial charge in [-0.15, -0.1) is 0 Å². The van der Waals surface area contributed by atoms with E-state index < -0.39 is 11.8 Å². The first-order chi connectivity index (χ1) is 12.0. The van der Waals surface area contributed by atoms with Crippen LogP contribution in [-0.4, -0.2) is 32.2 Å². The van der Waals surface area contributed by atoms with Gasteiger partial charge in [-0.3, -0.25) is 9.59 Å². The largest absolute Gasteiger partial charge is 0.497 e. The number of carbonyl (C=O) groups excluding carboxylic acids is 2. The lowest BCUT2D eigenvalue weighted by atomic mass is 10.2. The molecule has 130 valence electrons. The molecule has 2 rings (SSSR count). The van der Waals surface area contributed by atoms with Crippen LogP contribution in [0.5, 0.6) is 11.5 Å². The van der Waals surface area contributed by atoms with E-state index in [1.165, 1.54) is 20.4 Å². The molecule has 0 fully saturated rings. The predicted octanol–water partition coefficient (Wildman–Crippen LogP) is 2.56. The fourth-order valence-corrected chi connectivity index (χ4v) is 2.28. The van der Waals surface area contributed by atoms with E-state index in [4.69, 9.17) is 9.47 Å². The number of benzene rings is 2. The molecule has 0 radical (unpaired) electrons. The molecule has 0 spiro atoms. The molecule has 0 atom stereocenters. The Kier molecular flexibility index (Phi) is 6.53. The van der Waals surface area contributed by atoms with Gasteiger partial charge in [-0.25, -0.2) is 5.43 Å². The van der Waals surface area contributed by atoms with E-state index in [2.05, 4.69) is 31.8 Å². The van der Waals surface area contributed by atoms with Crippen LogP contribution in [-0.2, 0) is 9.59 Å². The van der Waals surface area contributed by atoms with Gasteiger partial charge >= 0.3 is 11.8 Å². The fraction of sp³-hybridized carbons (Fsp3) is 0.118. The zero-order valence-electron chi connectivity index (χ0n) is 13.6. The first kappa shape index (κ1) is 18.5. The van der Waals surface area contributed by atoms with Crippen molar-refractivity contribution < 1.29 is 19.1 Å². The van der Waals surface area contributed by atoms with E-state index in [9.17, 15) is 9.59 Å². The molecule has 2 aromatic carbocycles. The van der Waals surface area contributed by atoms with Gasteiger partial charge in [-0.1, -0.05) is 12.1 Å². The summed E-state index contributed by atoms with van der Waals surface area (Å²) in [6, 6.07) is 12.1. The van der Waals surface area contributed by atoms with Gasteiger partial charge in [-0.2, -0.15) is 5.10 Å². The molecule has 0 bridgehead atoms. The maximum absolute atomic E-state index is 11.9. The number of carbonyl (C=O) groups is 2. The molecule has 0 unspecified atom stereocenters. The number of nitrogens with zero attached hydrogens (tertiary/aromatic N) is 1. The summed E-state index contributed by atoms with van der Waals surface area (Å²) in [5.41, 5.74) is 3.24. The molecule has 8 heteroatoms. The number of nitrogens with one attached hydrogen (secondary N) is 2. The van der Waals surface area contributed by atoms with Gasteiger partial charge in [0.05, 0.1) is 26.1 Å². The molecule has 7 nitrogen and oxygen atoms in total. The highest BCUT2D eigenvalue weighted by Gasteiger charge is 2.14. The van der Waals surface area contributed by atoms with Crippen LogP contribution in [0.1, 0.15) is 5.56 Å². The van der Waals surface area contributed by atoms with Gasteiger partial charge in [0.1, 0.15) is 11.5 Å². The molecule has 0 aliphatic carbocycles. The third-order valence-corrected chi connectivity index (χ3v) is 3.83. The Morgan fingerprint density at radius 2 is 1.84 bits per heavy atom. The second-order valence-corrected chi connectivity index (χ2v) is 5.60. The van der Waals surface area contributed by atoms with Gasteiger partial charge in [0, 0.05) is 10.0 Å². The molecular weight excluding hydrogens is 390 g/mol. The maximum Gasteiger partial charge on any atom is 0.329 e. The van der Waals surface area contributed by atoms with Crippen LogP contribution < -0.4 is 20.2 Å². The van der Waals surface area contributed by atoms with Crippen LogP contribution in [0.3, 0.4) is 0 Å². The molecule has 0 saturated carbocycles. The zero-order chi connectivity index (χ0) is 18.2. The lowest BCUT2D eigenvalue weighted by Crippen LogP contribution is -2.32. The number of hydrazone groups is 1. The SMILES string of the molecule is COc1ccc(OC)c(C=NNC(=O)C(=O)Nc2ccccc2Br)c1. The quantitative estimate of drug-likeness (QED) is 0.454. The Bertz CT molecular complexity index is 808. The number of methoxy groups -OCH3 is 2. The van der Waals surface area contributed by atoms with Crippen molar-refractivity contribution in [2.75, 3.05) is 19.5 Å². The summed E-state index contributed by atoms with van der Waals surface area (Å²) in [6.07, 6.45) is 1.37. The maximum atomic E-state index is 11.9. The number of hydrogen-bond acceptors (Lipinski definition) is 5. The number of amides is 2. The summed E-state index contributed by atoms with van der Waals surface area (Å²) < 4.78 is 11.0. The van der Waals surface area contributed by atoms with Gasteiger partial charge in [0.15, 0.2) is 0 Å². The van der Waals surface area contributed by atoms with E-state index in [-0.39, 0.29) is 0 Å². The molecule has 0 heterocycles. The van der Waals surface area contributed by atoms with Crippen molar-refractivity contribution in [3.63, 3.8) is 0 Å². The van der Waals surface area contributed by atoms with Gasteiger partial charge in [-0.05, 0) is 46.3 Å². The Balaban J connectivity index is 2.00. The number of hydrogen-bond donors (Lipinski definition) is 2. The Hall–Kier alpha value is -2.87. The first-order valence-electron chi connectivity index (χ1n) is 7.16. The molecule has 0 aliphatic heterocycles. The Morgan fingerprint density at radius 1 is 1.08 bits per heavy atom. The smallest absolute Gasteiger partial charge is 0.329 e. The first-order valence-corrected chi connectivity index (χ1v) is 7.95. The standard InChI is InChI=1S/C17H16BrN3O4/c1-24-12-7-8-15(25-2)11(9-12)10-19-21-17(23)16(22)20-14-6-4-3-5-13(14)18/h3-10H,1-2H3,(H,20,22)(H,21,23). The average molecular weight is 406 g/mol. The normalized spacial score (nSPS) is 10.4. The Labute approximate surface area is 153 Å². The molecule has 0 aliphatic rings. The summed E-state index contributed by atoms with van der Waals surface area (Å²) in [7, 11) is 3.06. The van der Waals surface area contributed by atoms with Crippen LogP contribution in [0.2, 0.25) is 0 Å². The van der Waals surface area contributed by atoms with E-state index >= 15 is 0 Å². The zero-order valence-corrected chi connectivity index (χ0v) is 15.2. The van der Waals surface area contributed by atoms with Crippen molar-refractivity contribution in [2.24, 2.45) is 5.10 Å². The summed E-state index contributed by atoms with van der Waals surface area (Å²) in [6.45, 7) is 0. The number of ether oxygens (including phenoxy) is 2. The molecule has 2 N–H and O–H groups in total. The van der Waals surface area contributed by atoms with Crippen molar-refractivity contribution in [1.29, 1.82) is 0 Å². The van der Waals surface area contributed by atoms with Gasteiger partial charge < -0.3 is 14.8 Å². The lowest BCUT2D eigenvalue weighted by molar-refractivity contribution is -0.136. The molecular formula is C17H16BrN3O4. The predicted molar refractivity (Wildman–Crippen MR) is 98.1 cm³/mol. The molecule has 2 aromatic rings. The van der Waals surface area contributed by atoms with Crippen LogP contribution in [0.25, 0.3) is 0 Å². The number of anilines is 1. The van der Waals surface area contributed by atoms with E-state index in [0.29, 0.717) is 27.2 Å². The summed E-state index contributed by atoms with van der Waals surface area (Å²) >= 11 is 3.28. The summed E-state index contributed by atoms with van der Waals surface area (Å²) in [4.78, 5) is 23.7. The monoisotopic (exact) mass is 405 g/mol. The number of halogens is 1. The summed E-state index contributed by atoms with van der Waals surface area (Å²) in [5, 5.41) is 6.26. The van der Waals surface area contributed by atoms with Crippen molar-refractivity contribution in [1.82, 2.24) is 5.43 Å². The van der Waals surface area contributed by atoms with Gasteiger partial charge in [0.2, 0.25) is 0 Å². The third kappa shape index (κ3) is 5.05. The van der Waals surface area contributed by atoms with Gasteiger partial charge in [0.25, 0.3) is 0 Å². The highest BCUT2D eigenvalue weighted by molar-refractivity contribution is 9.10. The number of para-hydroxylation sites is 1. The number of rotatable bonds is 5. The second kappa shape index (κ2) is 8.84. The fourth-order valence-electron chi connectivity index (χ4n) is 1.89. The summed E-state index contributed by atoms with van der Waals surface area (Å²) in [5.74, 6) is -0.563. The second-order valence-electron chi connectivity index (χ2n) is 4.74. The van der Waals surface area contributed by atoms with Crippen molar-refractivity contribution >= 4 is 39.6 Å². The van der Waals surface area contributed by atoms with E-state index in [0.717, 1.165) is 0 Å². The molecule has 0 saturated heterocycles. The van der Waals surface area contributed by atoms with Crippen molar-refractivity contribution in [3.8, 4) is 11.5 Å². The molecule has 2 amide bonds. The van der Waals surface area contributed by atoms with E-state index in [1.54, 1.807) is 42.5 Å². The van der Waals surface area contributed by atoms with Crippen LogP contribution in [0.15, 0.2) is 52.0 Å². The highest BCUT2D eigenvalue weighted by atomic mass is 79.9. The van der Waals surface area contributed by atoms with Crippen LogP contribution >= 0.6 is 15.9 Å². The average Bonchev–Trinajstić information content (AvgIpc) is 2.63. The lowest BCUT2D eigenvalue weighted by Gasteiger charge is -2.07. The van der Waals surface area contributed by atoms with Crippen molar-refractivity contribution in [2.45, 2.75) is 0 Å². The molecule has 25 heavy (non-hydrogen) atoms.